The number of likely N-dealkylation sites (N-methyl/N-ethyl adjacent to an activating group) is 2. The molecule has 0 aromatic carbocycles. The Balaban J connectivity index is 4.13. The predicted molar refractivity (Wildman–Crippen MR) is 51.0 cm³/mol. The SMILES string of the molecule is CNC(=O)[C@H](CC(C)C)N(C)C. The molecule has 0 aliphatic rings. The number of rotatable bonds is 4. The van der Waals surface area contributed by atoms with E-state index >= 15 is 0 Å². The Bertz CT molecular complexity index is 143. The van der Waals surface area contributed by atoms with Gasteiger partial charge in [0.2, 0.25) is 5.91 Å². The second-order valence-corrected chi connectivity index (χ2v) is 3.72. The van der Waals surface area contributed by atoms with E-state index in [4.69, 9.17) is 0 Å². The molecule has 12 heavy (non-hydrogen) atoms. The summed E-state index contributed by atoms with van der Waals surface area (Å²) in [7, 11) is 5.55. The molecule has 0 bridgehead atoms. The average Bonchev–Trinajstić information content (AvgIpc) is 1.98. The number of hydrogen-bond donors (Lipinski definition) is 1. The first-order valence-electron chi connectivity index (χ1n) is 4.37. The fourth-order valence-corrected chi connectivity index (χ4v) is 1.17. The maximum atomic E-state index is 11.3. The molecule has 0 aromatic rings. The van der Waals surface area contributed by atoms with Crippen LogP contribution in [0.25, 0.3) is 0 Å². The molecule has 0 fully saturated rings. The first-order valence-corrected chi connectivity index (χ1v) is 4.37. The summed E-state index contributed by atoms with van der Waals surface area (Å²) in [5.41, 5.74) is 0. The third-order valence-electron chi connectivity index (χ3n) is 1.87. The van der Waals surface area contributed by atoms with Crippen molar-refractivity contribution >= 4 is 5.91 Å². The van der Waals surface area contributed by atoms with Crippen LogP contribution in [-0.2, 0) is 4.79 Å². The number of nitrogens with one attached hydrogen (secondary N) is 1. The summed E-state index contributed by atoms with van der Waals surface area (Å²) in [6.07, 6.45) is 0.909. The molecular weight excluding hydrogens is 152 g/mol. The van der Waals surface area contributed by atoms with Crippen molar-refractivity contribution in [3.8, 4) is 0 Å². The van der Waals surface area contributed by atoms with Crippen molar-refractivity contribution < 1.29 is 4.79 Å². The predicted octanol–water partition coefficient (Wildman–Crippen LogP) is 0.709. The molecule has 0 unspecified atom stereocenters. The standard InChI is InChI=1S/C9H20N2O/c1-7(2)6-8(11(4)5)9(12)10-3/h7-8H,6H2,1-5H3,(H,10,12)/t8-/m0/s1. The van der Waals surface area contributed by atoms with Gasteiger partial charge in [-0.25, -0.2) is 0 Å². The zero-order valence-corrected chi connectivity index (χ0v) is 8.72. The van der Waals surface area contributed by atoms with Crippen LogP contribution in [0.15, 0.2) is 0 Å². The van der Waals surface area contributed by atoms with Crippen LogP contribution in [-0.4, -0.2) is 38.0 Å². The molecule has 0 heterocycles. The highest BCUT2D eigenvalue weighted by molar-refractivity contribution is 5.81. The zero-order valence-electron chi connectivity index (χ0n) is 8.72. The minimum absolute atomic E-state index is 0.00926. The molecule has 72 valence electrons. The molecule has 3 nitrogen and oxygen atoms in total. The molecule has 0 saturated heterocycles. The van der Waals surface area contributed by atoms with E-state index < -0.39 is 0 Å². The van der Waals surface area contributed by atoms with Gasteiger partial charge in [-0.05, 0) is 26.4 Å². The summed E-state index contributed by atoms with van der Waals surface area (Å²) in [6.45, 7) is 4.25. The lowest BCUT2D eigenvalue weighted by molar-refractivity contribution is -0.125. The summed E-state index contributed by atoms with van der Waals surface area (Å²) in [5.74, 6) is 0.656. The highest BCUT2D eigenvalue weighted by atomic mass is 16.2. The van der Waals surface area contributed by atoms with Gasteiger partial charge in [0.15, 0.2) is 0 Å². The van der Waals surface area contributed by atoms with Crippen LogP contribution >= 0.6 is 0 Å². The number of amides is 1. The number of carbonyl (C=O) groups excluding carboxylic acids is 1. The van der Waals surface area contributed by atoms with Crippen LogP contribution < -0.4 is 5.32 Å². The van der Waals surface area contributed by atoms with Gasteiger partial charge in [-0.1, -0.05) is 13.8 Å². The number of carbonyl (C=O) groups is 1. The normalized spacial score (nSPS) is 13.6. The molecule has 0 aliphatic carbocycles. The Labute approximate surface area is 75.1 Å². The van der Waals surface area contributed by atoms with Crippen molar-refractivity contribution in [1.82, 2.24) is 10.2 Å². The van der Waals surface area contributed by atoms with Crippen molar-refractivity contribution in [1.29, 1.82) is 0 Å². The maximum Gasteiger partial charge on any atom is 0.237 e. The molecule has 1 atom stereocenters. The molecular formula is C9H20N2O. The maximum absolute atomic E-state index is 11.3. The summed E-state index contributed by atoms with van der Waals surface area (Å²) in [5, 5.41) is 2.67. The van der Waals surface area contributed by atoms with Crippen molar-refractivity contribution in [3.05, 3.63) is 0 Å². The monoisotopic (exact) mass is 172 g/mol. The Morgan fingerprint density at radius 3 is 2.17 bits per heavy atom. The van der Waals surface area contributed by atoms with Gasteiger partial charge in [0, 0.05) is 7.05 Å². The minimum Gasteiger partial charge on any atom is -0.358 e. The quantitative estimate of drug-likeness (QED) is 0.677. The van der Waals surface area contributed by atoms with E-state index in [1.165, 1.54) is 0 Å². The fourth-order valence-electron chi connectivity index (χ4n) is 1.17. The highest BCUT2D eigenvalue weighted by Gasteiger charge is 2.19. The lowest BCUT2D eigenvalue weighted by Crippen LogP contribution is -2.42. The second kappa shape index (κ2) is 5.14. The lowest BCUT2D eigenvalue weighted by Gasteiger charge is -2.23. The minimum atomic E-state index is 0.00926. The van der Waals surface area contributed by atoms with Crippen LogP contribution in [0.3, 0.4) is 0 Å². The van der Waals surface area contributed by atoms with Crippen LogP contribution in [0.2, 0.25) is 0 Å². The summed E-state index contributed by atoms with van der Waals surface area (Å²) in [6, 6.07) is 0.00926. The largest absolute Gasteiger partial charge is 0.358 e. The van der Waals surface area contributed by atoms with E-state index in [0.29, 0.717) is 5.92 Å². The van der Waals surface area contributed by atoms with Gasteiger partial charge in [-0.3, -0.25) is 9.69 Å². The topological polar surface area (TPSA) is 32.3 Å². The summed E-state index contributed by atoms with van der Waals surface area (Å²) in [4.78, 5) is 13.3. The Hall–Kier alpha value is -0.570. The summed E-state index contributed by atoms with van der Waals surface area (Å²) >= 11 is 0. The Morgan fingerprint density at radius 2 is 1.92 bits per heavy atom. The highest BCUT2D eigenvalue weighted by Crippen LogP contribution is 2.08. The van der Waals surface area contributed by atoms with E-state index in [-0.39, 0.29) is 11.9 Å². The van der Waals surface area contributed by atoms with Crippen molar-refractivity contribution in [2.24, 2.45) is 5.92 Å². The molecule has 0 aliphatic heterocycles. The van der Waals surface area contributed by atoms with Crippen LogP contribution in [0.4, 0.5) is 0 Å². The van der Waals surface area contributed by atoms with Crippen LogP contribution in [0, 0.1) is 5.92 Å². The number of nitrogens with zero attached hydrogens (tertiary/aromatic N) is 1. The van der Waals surface area contributed by atoms with Crippen molar-refractivity contribution in [3.63, 3.8) is 0 Å². The van der Waals surface area contributed by atoms with Crippen molar-refractivity contribution in [2.45, 2.75) is 26.3 Å². The lowest BCUT2D eigenvalue weighted by atomic mass is 10.0. The average molecular weight is 172 g/mol. The Kier molecular flexibility index (Phi) is 4.90. The van der Waals surface area contributed by atoms with Gasteiger partial charge < -0.3 is 5.32 Å². The van der Waals surface area contributed by atoms with Gasteiger partial charge in [0.1, 0.15) is 0 Å². The molecule has 0 aromatic heterocycles. The van der Waals surface area contributed by atoms with E-state index in [1.807, 2.05) is 19.0 Å². The molecule has 0 saturated carbocycles. The molecule has 1 amide bonds. The zero-order chi connectivity index (χ0) is 9.72. The van der Waals surface area contributed by atoms with Gasteiger partial charge in [0.05, 0.1) is 6.04 Å². The third kappa shape index (κ3) is 3.72. The fraction of sp³-hybridized carbons (Fsp3) is 0.889. The van der Waals surface area contributed by atoms with Gasteiger partial charge >= 0.3 is 0 Å². The smallest absolute Gasteiger partial charge is 0.237 e. The van der Waals surface area contributed by atoms with Crippen molar-refractivity contribution in [2.75, 3.05) is 21.1 Å². The third-order valence-corrected chi connectivity index (χ3v) is 1.87. The molecule has 0 spiro atoms. The van der Waals surface area contributed by atoms with Gasteiger partial charge in [-0.15, -0.1) is 0 Å². The first kappa shape index (κ1) is 11.4. The van der Waals surface area contributed by atoms with E-state index in [0.717, 1.165) is 6.42 Å². The van der Waals surface area contributed by atoms with E-state index in [9.17, 15) is 4.79 Å². The van der Waals surface area contributed by atoms with Gasteiger partial charge in [-0.2, -0.15) is 0 Å². The van der Waals surface area contributed by atoms with Crippen LogP contribution in [0.1, 0.15) is 20.3 Å². The van der Waals surface area contributed by atoms with Crippen LogP contribution in [0.5, 0.6) is 0 Å². The molecule has 0 radical (unpaired) electrons. The van der Waals surface area contributed by atoms with E-state index in [2.05, 4.69) is 19.2 Å². The molecule has 3 heteroatoms. The number of hydrogen-bond acceptors (Lipinski definition) is 2. The second-order valence-electron chi connectivity index (χ2n) is 3.72. The summed E-state index contributed by atoms with van der Waals surface area (Å²) < 4.78 is 0. The molecule has 1 N–H and O–H groups in total. The van der Waals surface area contributed by atoms with E-state index in [1.54, 1.807) is 7.05 Å². The molecule has 0 rings (SSSR count). The van der Waals surface area contributed by atoms with Gasteiger partial charge in [0.25, 0.3) is 0 Å². The first-order chi connectivity index (χ1) is 5.49. The Morgan fingerprint density at radius 1 is 1.42 bits per heavy atom.